The Balaban J connectivity index is 1.63. The van der Waals surface area contributed by atoms with Crippen LogP contribution in [0.2, 0.25) is 0 Å². The van der Waals surface area contributed by atoms with Crippen LogP contribution in [0, 0.1) is 19.3 Å². The lowest BCUT2D eigenvalue weighted by molar-refractivity contribution is -0.138. The Kier molecular flexibility index (Phi) is 9.13. The van der Waals surface area contributed by atoms with Crippen LogP contribution >= 0.6 is 23.1 Å². The summed E-state index contributed by atoms with van der Waals surface area (Å²) in [5.41, 5.74) is 3.03. The SMILES string of the molecule is Cc1cc(SCC(C)(C)Cc2ccc(C(=O)NCCC(=O)O)s2)cc(C)c1-c1ccc(C(F)(F)F)cc1. The van der Waals surface area contributed by atoms with Gasteiger partial charge in [-0.2, -0.15) is 13.2 Å². The molecule has 3 aromatic rings. The van der Waals surface area contributed by atoms with Gasteiger partial charge in [0.15, 0.2) is 0 Å². The maximum Gasteiger partial charge on any atom is 0.416 e. The normalized spacial score (nSPS) is 12.0. The van der Waals surface area contributed by atoms with Crippen LogP contribution < -0.4 is 5.32 Å². The largest absolute Gasteiger partial charge is 0.481 e. The Morgan fingerprint density at radius 3 is 2.19 bits per heavy atom. The summed E-state index contributed by atoms with van der Waals surface area (Å²) < 4.78 is 38.8. The second-order valence-electron chi connectivity index (χ2n) is 9.80. The molecule has 0 bridgehead atoms. The number of aryl methyl sites for hydroxylation is 2. The Hall–Kier alpha value is -2.78. The van der Waals surface area contributed by atoms with Crippen LogP contribution in [0.1, 0.15) is 51.5 Å². The molecule has 4 nitrogen and oxygen atoms in total. The molecule has 198 valence electrons. The maximum absolute atomic E-state index is 12.9. The highest BCUT2D eigenvalue weighted by Gasteiger charge is 2.30. The van der Waals surface area contributed by atoms with E-state index in [9.17, 15) is 22.8 Å². The highest BCUT2D eigenvalue weighted by molar-refractivity contribution is 7.99. The fourth-order valence-corrected chi connectivity index (χ4v) is 6.42. The van der Waals surface area contributed by atoms with Gasteiger partial charge in [-0.25, -0.2) is 0 Å². The number of alkyl halides is 3. The number of hydrogen-bond acceptors (Lipinski definition) is 4. The molecule has 0 spiro atoms. The number of halogens is 3. The Morgan fingerprint density at radius 1 is 1.00 bits per heavy atom. The van der Waals surface area contributed by atoms with E-state index in [2.05, 4.69) is 31.3 Å². The average Bonchev–Trinajstić information content (AvgIpc) is 3.25. The quantitative estimate of drug-likeness (QED) is 0.255. The van der Waals surface area contributed by atoms with Crippen molar-refractivity contribution < 1.29 is 27.9 Å². The van der Waals surface area contributed by atoms with Crippen molar-refractivity contribution in [2.75, 3.05) is 12.3 Å². The average molecular weight is 550 g/mol. The molecule has 1 amide bonds. The molecular weight excluding hydrogens is 519 g/mol. The summed E-state index contributed by atoms with van der Waals surface area (Å²) in [6.07, 6.45) is -3.68. The molecular formula is C28H30F3NO3S2. The van der Waals surface area contributed by atoms with Gasteiger partial charge < -0.3 is 10.4 Å². The van der Waals surface area contributed by atoms with Crippen molar-refractivity contribution >= 4 is 35.0 Å². The van der Waals surface area contributed by atoms with Crippen LogP contribution in [-0.4, -0.2) is 29.3 Å². The number of carboxylic acid groups (broad SMARTS) is 1. The second kappa shape index (κ2) is 11.7. The smallest absolute Gasteiger partial charge is 0.416 e. The number of benzene rings is 2. The Bertz CT molecular complexity index is 1240. The fourth-order valence-electron chi connectivity index (χ4n) is 4.05. The summed E-state index contributed by atoms with van der Waals surface area (Å²) in [7, 11) is 0. The molecule has 0 saturated carbocycles. The molecule has 2 aromatic carbocycles. The van der Waals surface area contributed by atoms with Gasteiger partial charge in [-0.05, 0) is 84.3 Å². The minimum atomic E-state index is -4.35. The third-order valence-corrected chi connectivity index (χ3v) is 8.38. The van der Waals surface area contributed by atoms with Crippen molar-refractivity contribution in [3.63, 3.8) is 0 Å². The van der Waals surface area contributed by atoms with Crippen molar-refractivity contribution in [1.82, 2.24) is 5.32 Å². The summed E-state index contributed by atoms with van der Waals surface area (Å²) >= 11 is 3.15. The van der Waals surface area contributed by atoms with Crippen LogP contribution in [0.4, 0.5) is 13.2 Å². The predicted molar refractivity (Wildman–Crippen MR) is 143 cm³/mol. The summed E-state index contributed by atoms with van der Waals surface area (Å²) in [6.45, 7) is 8.39. The zero-order valence-electron chi connectivity index (χ0n) is 21.2. The molecule has 0 unspecified atom stereocenters. The maximum atomic E-state index is 12.9. The molecule has 0 fully saturated rings. The van der Waals surface area contributed by atoms with Gasteiger partial charge in [0.05, 0.1) is 16.9 Å². The lowest BCUT2D eigenvalue weighted by atomic mass is 9.91. The minimum absolute atomic E-state index is 0.0551. The number of carbonyl (C=O) groups excluding carboxylic acids is 1. The summed E-state index contributed by atoms with van der Waals surface area (Å²) in [6, 6.07) is 13.1. The van der Waals surface area contributed by atoms with Gasteiger partial charge in [0.25, 0.3) is 5.91 Å². The van der Waals surface area contributed by atoms with Crippen molar-refractivity contribution in [3.8, 4) is 11.1 Å². The van der Waals surface area contributed by atoms with E-state index in [1.165, 1.54) is 23.5 Å². The Morgan fingerprint density at radius 2 is 1.62 bits per heavy atom. The number of hydrogen-bond donors (Lipinski definition) is 2. The molecule has 2 N–H and O–H groups in total. The monoisotopic (exact) mass is 549 g/mol. The number of rotatable bonds is 10. The van der Waals surface area contributed by atoms with Gasteiger partial charge in [-0.3, -0.25) is 9.59 Å². The van der Waals surface area contributed by atoms with E-state index in [-0.39, 0.29) is 24.3 Å². The number of nitrogens with one attached hydrogen (secondary N) is 1. The van der Waals surface area contributed by atoms with Crippen LogP contribution in [-0.2, 0) is 17.4 Å². The molecule has 0 radical (unpaired) electrons. The first kappa shape index (κ1) is 28.8. The van der Waals surface area contributed by atoms with E-state index in [1.54, 1.807) is 17.8 Å². The molecule has 1 heterocycles. The van der Waals surface area contributed by atoms with E-state index in [0.29, 0.717) is 4.88 Å². The zero-order chi connectivity index (χ0) is 27.4. The molecule has 0 aliphatic carbocycles. The number of thioether (sulfide) groups is 1. The summed E-state index contributed by atoms with van der Waals surface area (Å²) in [5, 5.41) is 11.3. The lowest BCUT2D eigenvalue weighted by Gasteiger charge is -2.24. The highest BCUT2D eigenvalue weighted by atomic mass is 32.2. The topological polar surface area (TPSA) is 66.4 Å². The van der Waals surface area contributed by atoms with E-state index in [1.807, 2.05) is 19.9 Å². The number of carbonyl (C=O) groups is 2. The second-order valence-corrected chi connectivity index (χ2v) is 12.0. The third kappa shape index (κ3) is 8.10. The molecule has 37 heavy (non-hydrogen) atoms. The van der Waals surface area contributed by atoms with Gasteiger partial charge in [0, 0.05) is 22.1 Å². The first-order valence-corrected chi connectivity index (χ1v) is 13.6. The Labute approximate surface area is 223 Å². The van der Waals surface area contributed by atoms with Gasteiger partial charge >= 0.3 is 12.1 Å². The third-order valence-electron chi connectivity index (χ3n) is 5.80. The number of carboxylic acids is 1. The van der Waals surface area contributed by atoms with E-state index in [0.717, 1.165) is 56.3 Å². The molecule has 1 aromatic heterocycles. The van der Waals surface area contributed by atoms with Gasteiger partial charge in [0.1, 0.15) is 0 Å². The standard InChI is InChI=1S/C28H30F3NO3S2/c1-17-13-22(14-18(2)25(17)19-5-7-20(8-6-19)28(29,30)31)36-16-27(3,4)15-21-9-10-23(37-21)26(35)32-12-11-24(33)34/h5-10,13-14H,11-12,15-16H2,1-4H3,(H,32,35)(H,33,34). The predicted octanol–water partition coefficient (Wildman–Crippen LogP) is 7.62. The van der Waals surface area contributed by atoms with Gasteiger partial charge in [-0.15, -0.1) is 23.1 Å². The summed E-state index contributed by atoms with van der Waals surface area (Å²) in [5.74, 6) is -0.376. The lowest BCUT2D eigenvalue weighted by Crippen LogP contribution is -2.25. The highest BCUT2D eigenvalue weighted by Crippen LogP contribution is 2.37. The van der Waals surface area contributed by atoms with Gasteiger partial charge in [-0.1, -0.05) is 26.0 Å². The van der Waals surface area contributed by atoms with Gasteiger partial charge in [0.2, 0.25) is 0 Å². The minimum Gasteiger partial charge on any atom is -0.481 e. The zero-order valence-corrected chi connectivity index (χ0v) is 22.8. The molecule has 3 rings (SSSR count). The van der Waals surface area contributed by atoms with Crippen molar-refractivity contribution in [3.05, 3.63) is 75.0 Å². The molecule has 0 atom stereocenters. The molecule has 0 saturated heterocycles. The first-order chi connectivity index (χ1) is 17.2. The van der Waals surface area contributed by atoms with E-state index < -0.39 is 17.7 Å². The van der Waals surface area contributed by atoms with Crippen LogP contribution in [0.15, 0.2) is 53.4 Å². The number of amides is 1. The van der Waals surface area contributed by atoms with Crippen LogP contribution in [0.25, 0.3) is 11.1 Å². The molecule has 0 aliphatic rings. The van der Waals surface area contributed by atoms with Crippen LogP contribution in [0.5, 0.6) is 0 Å². The van der Waals surface area contributed by atoms with Crippen molar-refractivity contribution in [2.24, 2.45) is 5.41 Å². The van der Waals surface area contributed by atoms with Crippen molar-refractivity contribution in [1.29, 1.82) is 0 Å². The molecule has 9 heteroatoms. The van der Waals surface area contributed by atoms with Crippen LogP contribution in [0.3, 0.4) is 0 Å². The number of thiophene rings is 1. The summed E-state index contributed by atoms with van der Waals surface area (Å²) in [4.78, 5) is 25.6. The fraction of sp³-hybridized carbons (Fsp3) is 0.357. The first-order valence-electron chi connectivity index (χ1n) is 11.8. The van der Waals surface area contributed by atoms with E-state index in [4.69, 9.17) is 5.11 Å². The van der Waals surface area contributed by atoms with E-state index >= 15 is 0 Å². The van der Waals surface area contributed by atoms with Crippen molar-refractivity contribution in [2.45, 2.75) is 51.6 Å². The number of aliphatic carboxylic acids is 1. The molecule has 0 aliphatic heterocycles.